The number of ether oxygens (including phenoxy) is 2. The van der Waals surface area contributed by atoms with Crippen LogP contribution in [0.5, 0.6) is 11.5 Å². The number of benzene rings is 2. The van der Waals surface area contributed by atoms with Gasteiger partial charge in [0.05, 0.1) is 9.92 Å². The molecule has 1 aliphatic rings. The first kappa shape index (κ1) is 18.5. The van der Waals surface area contributed by atoms with Gasteiger partial charge in [-0.15, -0.1) is 0 Å². The second-order valence-electron chi connectivity index (χ2n) is 5.77. The Morgan fingerprint density at radius 2 is 1.96 bits per heavy atom. The summed E-state index contributed by atoms with van der Waals surface area (Å²) in [4.78, 5) is 12.6. The molecule has 0 saturated carbocycles. The fourth-order valence-corrected chi connectivity index (χ4v) is 3.85. The molecule has 0 aromatic heterocycles. The number of carbonyl (C=O) groups excluding carboxylic acids is 1. The summed E-state index contributed by atoms with van der Waals surface area (Å²) in [6, 6.07) is 9.53. The smallest absolute Gasteiger partial charge is 0.251 e. The Bertz CT molecular complexity index is 960. The molecule has 0 unspecified atom stereocenters. The van der Waals surface area contributed by atoms with Gasteiger partial charge in [-0.2, -0.15) is 0 Å². The summed E-state index contributed by atoms with van der Waals surface area (Å²) in [6.07, 6.45) is 0. The minimum absolute atomic E-state index is 0.0497. The molecule has 1 aliphatic heterocycles. The van der Waals surface area contributed by atoms with Gasteiger partial charge in [0.15, 0.2) is 11.5 Å². The molecule has 0 radical (unpaired) electrons. The topological polar surface area (TPSA) is 84.9 Å². The number of halogens is 1. The number of nitrogens with zero attached hydrogens (tertiary/aromatic N) is 1. The lowest BCUT2D eigenvalue weighted by Crippen LogP contribution is -2.27. The molecule has 2 aromatic rings. The second kappa shape index (κ2) is 7.14. The number of hydrogen-bond donors (Lipinski definition) is 1. The van der Waals surface area contributed by atoms with Crippen LogP contribution in [0.4, 0.5) is 0 Å². The minimum atomic E-state index is -3.61. The van der Waals surface area contributed by atoms with E-state index in [4.69, 9.17) is 21.1 Å². The Morgan fingerprint density at radius 1 is 1.23 bits per heavy atom. The maximum atomic E-state index is 12.4. The first-order valence-corrected chi connectivity index (χ1v) is 9.50. The van der Waals surface area contributed by atoms with E-state index in [-0.39, 0.29) is 23.3 Å². The summed E-state index contributed by atoms with van der Waals surface area (Å²) >= 11 is 6.09. The van der Waals surface area contributed by atoms with Crippen molar-refractivity contribution < 1.29 is 22.7 Å². The maximum absolute atomic E-state index is 12.4. The van der Waals surface area contributed by atoms with Gasteiger partial charge in [0.25, 0.3) is 5.91 Å². The molecule has 26 heavy (non-hydrogen) atoms. The van der Waals surface area contributed by atoms with Crippen LogP contribution in [-0.2, 0) is 16.6 Å². The van der Waals surface area contributed by atoms with Crippen LogP contribution in [0.25, 0.3) is 0 Å². The van der Waals surface area contributed by atoms with Crippen LogP contribution in [-0.4, -0.2) is 39.5 Å². The van der Waals surface area contributed by atoms with E-state index in [1.165, 1.54) is 32.3 Å². The molecular weight excluding hydrogens is 380 g/mol. The summed E-state index contributed by atoms with van der Waals surface area (Å²) in [5, 5.41) is 2.99. The fourth-order valence-electron chi connectivity index (χ4n) is 2.47. The second-order valence-corrected chi connectivity index (χ2v) is 8.30. The predicted molar refractivity (Wildman–Crippen MR) is 96.1 cm³/mol. The van der Waals surface area contributed by atoms with Gasteiger partial charge in [-0.3, -0.25) is 4.79 Å². The van der Waals surface area contributed by atoms with Crippen molar-refractivity contribution in [1.29, 1.82) is 0 Å². The summed E-state index contributed by atoms with van der Waals surface area (Å²) in [5.41, 5.74) is 0.786. The van der Waals surface area contributed by atoms with E-state index in [0.29, 0.717) is 22.6 Å². The molecule has 0 atom stereocenters. The number of amides is 1. The SMILES string of the molecule is CN(C)S(=O)(=O)c1ccccc1CNC(=O)c1cc(Cl)c2c(c1)OCO2. The molecular formula is C17H17ClN2O5S. The monoisotopic (exact) mass is 396 g/mol. The van der Waals surface area contributed by atoms with Gasteiger partial charge < -0.3 is 14.8 Å². The maximum Gasteiger partial charge on any atom is 0.251 e. The van der Waals surface area contributed by atoms with Crippen molar-refractivity contribution in [3.8, 4) is 11.5 Å². The molecule has 1 amide bonds. The third-order valence-electron chi connectivity index (χ3n) is 3.86. The molecule has 0 fully saturated rings. The van der Waals surface area contributed by atoms with Crippen LogP contribution in [0.1, 0.15) is 15.9 Å². The van der Waals surface area contributed by atoms with E-state index in [0.717, 1.165) is 4.31 Å². The average molecular weight is 397 g/mol. The zero-order valence-electron chi connectivity index (χ0n) is 14.2. The van der Waals surface area contributed by atoms with Gasteiger partial charge in [-0.1, -0.05) is 29.8 Å². The number of hydrogen-bond acceptors (Lipinski definition) is 5. The number of carbonyl (C=O) groups is 1. The first-order valence-electron chi connectivity index (χ1n) is 7.68. The highest BCUT2D eigenvalue weighted by Gasteiger charge is 2.23. The van der Waals surface area contributed by atoms with Crippen LogP contribution in [0.2, 0.25) is 5.02 Å². The molecule has 0 bridgehead atoms. The van der Waals surface area contributed by atoms with Crippen molar-refractivity contribution in [2.45, 2.75) is 11.4 Å². The Labute approximate surface area is 156 Å². The standard InChI is InChI=1S/C17H17ClN2O5S/c1-20(2)26(22,23)15-6-4-3-5-11(15)9-19-17(21)12-7-13(18)16-14(8-12)24-10-25-16/h3-8H,9-10H2,1-2H3,(H,19,21). The number of rotatable bonds is 5. The quantitative estimate of drug-likeness (QED) is 0.837. The van der Waals surface area contributed by atoms with Crippen LogP contribution in [0, 0.1) is 0 Å². The van der Waals surface area contributed by atoms with Gasteiger partial charge in [0.2, 0.25) is 16.8 Å². The number of sulfonamides is 1. The normalized spacial score (nSPS) is 13.1. The van der Waals surface area contributed by atoms with Gasteiger partial charge in [0.1, 0.15) is 0 Å². The van der Waals surface area contributed by atoms with Crippen LogP contribution >= 0.6 is 11.6 Å². The Balaban J connectivity index is 1.80. The van der Waals surface area contributed by atoms with E-state index < -0.39 is 15.9 Å². The molecule has 3 rings (SSSR count). The Hall–Kier alpha value is -2.29. The molecule has 9 heteroatoms. The van der Waals surface area contributed by atoms with E-state index in [2.05, 4.69) is 5.32 Å². The molecule has 138 valence electrons. The van der Waals surface area contributed by atoms with Gasteiger partial charge in [-0.25, -0.2) is 12.7 Å². The molecule has 7 nitrogen and oxygen atoms in total. The van der Waals surface area contributed by atoms with E-state index in [9.17, 15) is 13.2 Å². The average Bonchev–Trinajstić information content (AvgIpc) is 3.09. The summed E-state index contributed by atoms with van der Waals surface area (Å²) in [5.74, 6) is 0.408. The van der Waals surface area contributed by atoms with Crippen LogP contribution in [0.3, 0.4) is 0 Å². The van der Waals surface area contributed by atoms with E-state index in [1.807, 2.05) is 0 Å². The zero-order valence-corrected chi connectivity index (χ0v) is 15.7. The highest BCUT2D eigenvalue weighted by Crippen LogP contribution is 2.39. The van der Waals surface area contributed by atoms with Gasteiger partial charge >= 0.3 is 0 Å². The van der Waals surface area contributed by atoms with E-state index in [1.54, 1.807) is 18.2 Å². The number of nitrogens with one attached hydrogen (secondary N) is 1. The Morgan fingerprint density at radius 3 is 2.69 bits per heavy atom. The lowest BCUT2D eigenvalue weighted by Gasteiger charge is -2.15. The molecule has 1 heterocycles. The zero-order chi connectivity index (χ0) is 18.9. The van der Waals surface area contributed by atoms with Crippen molar-refractivity contribution in [3.63, 3.8) is 0 Å². The Kier molecular flexibility index (Phi) is 5.08. The highest BCUT2D eigenvalue weighted by atomic mass is 35.5. The summed E-state index contributed by atoms with van der Waals surface area (Å²) < 4.78 is 36.4. The van der Waals surface area contributed by atoms with Gasteiger partial charge in [-0.05, 0) is 23.8 Å². The van der Waals surface area contributed by atoms with Crippen molar-refractivity contribution in [2.75, 3.05) is 20.9 Å². The summed E-state index contributed by atoms with van der Waals surface area (Å²) in [6.45, 7) is 0.101. The molecule has 0 spiro atoms. The summed E-state index contributed by atoms with van der Waals surface area (Å²) in [7, 11) is -0.695. The molecule has 0 saturated heterocycles. The van der Waals surface area contributed by atoms with Crippen molar-refractivity contribution in [3.05, 3.63) is 52.5 Å². The molecule has 0 aliphatic carbocycles. The van der Waals surface area contributed by atoms with Crippen LogP contribution < -0.4 is 14.8 Å². The lowest BCUT2D eigenvalue weighted by molar-refractivity contribution is 0.0950. The molecule has 1 N–H and O–H groups in total. The third-order valence-corrected chi connectivity index (χ3v) is 6.06. The van der Waals surface area contributed by atoms with Crippen molar-refractivity contribution >= 4 is 27.5 Å². The fraction of sp³-hybridized carbons (Fsp3) is 0.235. The minimum Gasteiger partial charge on any atom is -0.454 e. The van der Waals surface area contributed by atoms with Crippen molar-refractivity contribution in [1.82, 2.24) is 9.62 Å². The largest absolute Gasteiger partial charge is 0.454 e. The number of fused-ring (bicyclic) bond motifs is 1. The van der Waals surface area contributed by atoms with Crippen LogP contribution in [0.15, 0.2) is 41.3 Å². The molecule has 2 aromatic carbocycles. The first-order chi connectivity index (χ1) is 12.3. The van der Waals surface area contributed by atoms with Gasteiger partial charge in [0, 0.05) is 26.2 Å². The van der Waals surface area contributed by atoms with Crippen molar-refractivity contribution in [2.24, 2.45) is 0 Å². The third kappa shape index (κ3) is 3.48. The predicted octanol–water partition coefficient (Wildman–Crippen LogP) is 2.25. The van der Waals surface area contributed by atoms with E-state index >= 15 is 0 Å². The lowest BCUT2D eigenvalue weighted by atomic mass is 10.1. The highest BCUT2D eigenvalue weighted by molar-refractivity contribution is 7.89.